The molecule has 0 atom stereocenters. The van der Waals surface area contributed by atoms with Crippen molar-refractivity contribution < 1.29 is 18.0 Å². The lowest BCUT2D eigenvalue weighted by atomic mass is 10.2. The minimum atomic E-state index is -3.62. The van der Waals surface area contributed by atoms with E-state index in [1.165, 1.54) is 28.6 Å². The van der Waals surface area contributed by atoms with Crippen LogP contribution in [-0.4, -0.2) is 24.5 Å². The van der Waals surface area contributed by atoms with Crippen LogP contribution < -0.4 is 10.6 Å². The predicted octanol–water partition coefficient (Wildman–Crippen LogP) is 2.21. The third kappa shape index (κ3) is 4.26. The van der Waals surface area contributed by atoms with Crippen molar-refractivity contribution >= 4 is 38.2 Å². The Bertz CT molecular complexity index is 971. The maximum absolute atomic E-state index is 12.9. The fourth-order valence-corrected chi connectivity index (χ4v) is 5.26. The molecule has 142 valence electrons. The van der Waals surface area contributed by atoms with Gasteiger partial charge in [0.05, 0.1) is 9.90 Å². The van der Waals surface area contributed by atoms with Crippen molar-refractivity contribution in [1.82, 2.24) is 9.62 Å². The van der Waals surface area contributed by atoms with Crippen molar-refractivity contribution in [2.24, 2.45) is 0 Å². The quantitative estimate of drug-likeness (QED) is 0.721. The van der Waals surface area contributed by atoms with Gasteiger partial charge in [0.15, 0.2) is 0 Å². The van der Waals surface area contributed by atoms with Gasteiger partial charge in [0.2, 0.25) is 21.8 Å². The van der Waals surface area contributed by atoms with Crippen LogP contribution in [0.1, 0.15) is 22.9 Å². The highest BCUT2D eigenvalue weighted by atomic mass is 32.2. The number of thiophene rings is 1. The van der Waals surface area contributed by atoms with E-state index in [0.717, 1.165) is 16.0 Å². The maximum Gasteiger partial charge on any atom is 0.248 e. The summed E-state index contributed by atoms with van der Waals surface area (Å²) in [6.45, 7) is 5.74. The Kier molecular flexibility index (Phi) is 5.45. The molecule has 0 saturated heterocycles. The molecule has 0 bridgehead atoms. The molecule has 9 heteroatoms. The number of hydrogen-bond donors (Lipinski definition) is 2. The van der Waals surface area contributed by atoms with Gasteiger partial charge in [-0.3, -0.25) is 9.59 Å². The molecule has 2 heterocycles. The fourth-order valence-electron chi connectivity index (χ4n) is 2.70. The molecule has 0 spiro atoms. The molecule has 1 aromatic carbocycles. The van der Waals surface area contributed by atoms with Gasteiger partial charge >= 0.3 is 0 Å². The van der Waals surface area contributed by atoms with Crippen LogP contribution in [0.25, 0.3) is 0 Å². The second kappa shape index (κ2) is 7.63. The topological polar surface area (TPSA) is 95.6 Å². The van der Waals surface area contributed by atoms with Gasteiger partial charge in [-0.15, -0.1) is 11.3 Å². The lowest BCUT2D eigenvalue weighted by Gasteiger charge is -2.16. The molecule has 0 saturated carbocycles. The Labute approximate surface area is 161 Å². The van der Waals surface area contributed by atoms with E-state index < -0.39 is 10.0 Å². The van der Waals surface area contributed by atoms with Crippen molar-refractivity contribution in [3.05, 3.63) is 59.0 Å². The normalized spacial score (nSPS) is 13.8. The van der Waals surface area contributed by atoms with E-state index in [1.807, 2.05) is 0 Å². The number of nitrogens with one attached hydrogen (secondary N) is 2. The number of anilines is 1. The molecule has 3 rings (SSSR count). The van der Waals surface area contributed by atoms with Crippen LogP contribution in [0.5, 0.6) is 0 Å². The zero-order valence-corrected chi connectivity index (χ0v) is 16.3. The number of amides is 2. The van der Waals surface area contributed by atoms with Gasteiger partial charge in [0.25, 0.3) is 0 Å². The molecule has 7 nitrogen and oxygen atoms in total. The molecule has 2 amide bonds. The molecule has 0 aliphatic carbocycles. The summed E-state index contributed by atoms with van der Waals surface area (Å²) in [6, 6.07) is 8.28. The second-order valence-electron chi connectivity index (χ2n) is 6.08. The molecule has 27 heavy (non-hydrogen) atoms. The van der Waals surface area contributed by atoms with Gasteiger partial charge < -0.3 is 10.6 Å². The fraction of sp³-hybridized carbons (Fsp3) is 0.222. The molecule has 1 aliphatic heterocycles. The van der Waals surface area contributed by atoms with E-state index in [9.17, 15) is 18.0 Å². The minimum absolute atomic E-state index is 0.140. The number of rotatable bonds is 6. The molecule has 1 aromatic heterocycles. The third-order valence-corrected chi connectivity index (χ3v) is 6.98. The highest BCUT2D eigenvalue weighted by Gasteiger charge is 2.32. The van der Waals surface area contributed by atoms with Crippen LogP contribution in [0.4, 0.5) is 5.00 Å². The van der Waals surface area contributed by atoms with Crippen molar-refractivity contribution in [3.8, 4) is 0 Å². The van der Waals surface area contributed by atoms with Gasteiger partial charge in [-0.1, -0.05) is 18.7 Å². The van der Waals surface area contributed by atoms with Gasteiger partial charge in [-0.05, 0) is 35.4 Å². The Balaban J connectivity index is 1.70. The first-order chi connectivity index (χ1) is 12.8. The number of fused-ring (bicyclic) bond motifs is 1. The standard InChI is InChI=1S/C18H19N3O4S2/c1-3-17(23)20-18-8-14-10-21(11-16(14)26-18)27(24,25)15-6-4-13(5-7-15)9-19-12(2)22/h3-8H,1,9-11H2,2H3,(H,19,22)(H,20,23). The summed E-state index contributed by atoms with van der Waals surface area (Å²) in [6.07, 6.45) is 1.19. The number of carbonyl (C=O) groups excluding carboxylic acids is 2. The van der Waals surface area contributed by atoms with Crippen LogP contribution in [0.3, 0.4) is 0 Å². The smallest absolute Gasteiger partial charge is 0.248 e. The van der Waals surface area contributed by atoms with Gasteiger partial charge in [-0.2, -0.15) is 4.31 Å². The second-order valence-corrected chi connectivity index (χ2v) is 9.15. The van der Waals surface area contributed by atoms with E-state index in [-0.39, 0.29) is 29.8 Å². The predicted molar refractivity (Wildman–Crippen MR) is 104 cm³/mol. The number of sulfonamides is 1. The van der Waals surface area contributed by atoms with E-state index in [4.69, 9.17) is 0 Å². The molecular weight excluding hydrogens is 386 g/mol. The summed E-state index contributed by atoms with van der Waals surface area (Å²) in [7, 11) is -3.62. The Hall–Kier alpha value is -2.49. The summed E-state index contributed by atoms with van der Waals surface area (Å²) in [4.78, 5) is 23.5. The zero-order valence-electron chi connectivity index (χ0n) is 14.7. The number of benzene rings is 1. The number of nitrogens with zero attached hydrogens (tertiary/aromatic N) is 1. The highest BCUT2D eigenvalue weighted by molar-refractivity contribution is 7.89. The molecule has 2 N–H and O–H groups in total. The van der Waals surface area contributed by atoms with Gasteiger partial charge in [-0.25, -0.2) is 8.42 Å². The summed E-state index contributed by atoms with van der Waals surface area (Å²) in [5, 5.41) is 6.05. The molecule has 0 fully saturated rings. The number of carbonyl (C=O) groups is 2. The van der Waals surface area contributed by atoms with Crippen molar-refractivity contribution in [2.45, 2.75) is 31.5 Å². The largest absolute Gasteiger partial charge is 0.352 e. The monoisotopic (exact) mass is 405 g/mol. The lowest BCUT2D eigenvalue weighted by Crippen LogP contribution is -2.25. The van der Waals surface area contributed by atoms with E-state index in [1.54, 1.807) is 30.3 Å². The van der Waals surface area contributed by atoms with Crippen LogP contribution in [0.15, 0.2) is 47.9 Å². The van der Waals surface area contributed by atoms with Crippen LogP contribution in [0, 0.1) is 0 Å². The summed E-state index contributed by atoms with van der Waals surface area (Å²) in [5.74, 6) is -0.433. The molecule has 1 aliphatic rings. The van der Waals surface area contributed by atoms with Gasteiger partial charge in [0.1, 0.15) is 0 Å². The number of hydrogen-bond acceptors (Lipinski definition) is 5. The van der Waals surface area contributed by atoms with Crippen LogP contribution >= 0.6 is 11.3 Å². The first-order valence-electron chi connectivity index (χ1n) is 8.18. The Morgan fingerprint density at radius 2 is 1.96 bits per heavy atom. The molecule has 0 unspecified atom stereocenters. The van der Waals surface area contributed by atoms with E-state index in [2.05, 4.69) is 17.2 Å². The Morgan fingerprint density at radius 3 is 2.56 bits per heavy atom. The zero-order chi connectivity index (χ0) is 19.6. The van der Waals surface area contributed by atoms with Crippen molar-refractivity contribution in [1.29, 1.82) is 0 Å². The van der Waals surface area contributed by atoms with E-state index >= 15 is 0 Å². The molecular formula is C18H19N3O4S2. The average Bonchev–Trinajstić information content (AvgIpc) is 3.19. The summed E-state index contributed by atoms with van der Waals surface area (Å²) in [5.41, 5.74) is 1.72. The SMILES string of the molecule is C=CC(=O)Nc1cc2c(s1)CN(S(=O)(=O)c1ccc(CNC(C)=O)cc1)C2. The summed E-state index contributed by atoms with van der Waals surface area (Å²) >= 11 is 1.37. The lowest BCUT2D eigenvalue weighted by molar-refractivity contribution is -0.119. The first-order valence-corrected chi connectivity index (χ1v) is 10.4. The maximum atomic E-state index is 12.9. The van der Waals surface area contributed by atoms with Crippen molar-refractivity contribution in [2.75, 3.05) is 5.32 Å². The molecule has 0 radical (unpaired) electrons. The average molecular weight is 406 g/mol. The van der Waals surface area contributed by atoms with Gasteiger partial charge in [0, 0.05) is 31.4 Å². The minimum Gasteiger partial charge on any atom is -0.352 e. The molecule has 2 aromatic rings. The Morgan fingerprint density at radius 1 is 1.26 bits per heavy atom. The summed E-state index contributed by atoms with van der Waals surface area (Å²) < 4.78 is 27.1. The first kappa shape index (κ1) is 19.3. The van der Waals surface area contributed by atoms with Crippen LogP contribution in [0.2, 0.25) is 0 Å². The highest BCUT2D eigenvalue weighted by Crippen LogP contribution is 2.36. The van der Waals surface area contributed by atoms with Crippen molar-refractivity contribution in [3.63, 3.8) is 0 Å². The van der Waals surface area contributed by atoms with E-state index in [0.29, 0.717) is 11.5 Å². The van der Waals surface area contributed by atoms with Crippen LogP contribution in [-0.2, 0) is 39.2 Å². The third-order valence-electron chi connectivity index (χ3n) is 4.10.